The highest BCUT2D eigenvalue weighted by atomic mass is 16.5. The van der Waals surface area contributed by atoms with Gasteiger partial charge in [-0.2, -0.15) is 20.1 Å². The molecular formula is C25H30N8O4. The molecule has 1 aliphatic carbocycles. The minimum Gasteiger partial charge on any atom is -0.461 e. The van der Waals surface area contributed by atoms with Crippen molar-refractivity contribution < 1.29 is 19.0 Å². The third-order valence-corrected chi connectivity index (χ3v) is 8.01. The molecule has 6 heterocycles. The van der Waals surface area contributed by atoms with Gasteiger partial charge < -0.3 is 24.4 Å². The highest BCUT2D eigenvalue weighted by molar-refractivity contribution is 5.91. The van der Waals surface area contributed by atoms with Gasteiger partial charge in [-0.05, 0) is 37.8 Å². The maximum atomic E-state index is 13.1. The van der Waals surface area contributed by atoms with Crippen LogP contribution >= 0.6 is 0 Å². The van der Waals surface area contributed by atoms with Gasteiger partial charge in [0.25, 0.3) is 5.91 Å². The third kappa shape index (κ3) is 4.48. The predicted molar refractivity (Wildman–Crippen MR) is 131 cm³/mol. The molecule has 1 saturated carbocycles. The highest BCUT2D eigenvalue weighted by Crippen LogP contribution is 2.44. The first-order chi connectivity index (χ1) is 18.2. The molecule has 4 atom stereocenters. The molecule has 12 heteroatoms. The summed E-state index contributed by atoms with van der Waals surface area (Å²) in [5.74, 6) is 1.36. The Hall–Kier alpha value is -3.38. The monoisotopic (exact) mass is 506 g/mol. The summed E-state index contributed by atoms with van der Waals surface area (Å²) in [7, 11) is 0. The fourth-order valence-electron chi connectivity index (χ4n) is 5.80. The fraction of sp³-hybridized carbons (Fsp3) is 0.600. The van der Waals surface area contributed by atoms with Gasteiger partial charge in [0.05, 0.1) is 25.0 Å². The normalized spacial score (nSPS) is 27.4. The quantitative estimate of drug-likeness (QED) is 0.484. The molecule has 0 aromatic carbocycles. The zero-order chi connectivity index (χ0) is 24.8. The van der Waals surface area contributed by atoms with Crippen molar-refractivity contribution in [1.29, 1.82) is 0 Å². The van der Waals surface area contributed by atoms with Gasteiger partial charge >= 0.3 is 6.01 Å². The van der Waals surface area contributed by atoms with Crippen LogP contribution in [0.3, 0.4) is 0 Å². The maximum Gasteiger partial charge on any atom is 0.322 e. The number of anilines is 1. The number of nitrogens with one attached hydrogen (secondary N) is 2. The molecule has 4 fully saturated rings. The Kier molecular flexibility index (Phi) is 5.85. The number of amides is 1. The first kappa shape index (κ1) is 22.8. The first-order valence-corrected chi connectivity index (χ1v) is 13.2. The number of pyridine rings is 1. The largest absolute Gasteiger partial charge is 0.461 e. The number of aromatic nitrogens is 6. The van der Waals surface area contributed by atoms with E-state index in [1.165, 1.54) is 0 Å². The van der Waals surface area contributed by atoms with Crippen molar-refractivity contribution in [2.24, 2.45) is 11.8 Å². The second-order valence-corrected chi connectivity index (χ2v) is 10.3. The van der Waals surface area contributed by atoms with Gasteiger partial charge in [0.2, 0.25) is 11.8 Å². The summed E-state index contributed by atoms with van der Waals surface area (Å²) < 4.78 is 17.0. The Balaban J connectivity index is 1.07. The number of fused-ring (bicyclic) bond motifs is 2. The van der Waals surface area contributed by atoms with Crippen LogP contribution in [-0.4, -0.2) is 87.7 Å². The number of hydrogen-bond acceptors (Lipinski definition) is 10. The van der Waals surface area contributed by atoms with Crippen molar-refractivity contribution in [3.63, 3.8) is 0 Å². The van der Waals surface area contributed by atoms with Crippen LogP contribution < -0.4 is 15.0 Å². The van der Waals surface area contributed by atoms with E-state index >= 15 is 0 Å². The molecule has 0 unspecified atom stereocenters. The van der Waals surface area contributed by atoms with E-state index in [4.69, 9.17) is 14.2 Å². The molecule has 0 spiro atoms. The average molecular weight is 507 g/mol. The summed E-state index contributed by atoms with van der Waals surface area (Å²) in [6, 6.07) is 4.29. The van der Waals surface area contributed by atoms with Crippen LogP contribution in [0.1, 0.15) is 47.9 Å². The number of rotatable bonds is 7. The zero-order valence-corrected chi connectivity index (χ0v) is 20.5. The van der Waals surface area contributed by atoms with Crippen molar-refractivity contribution in [2.45, 2.75) is 43.7 Å². The van der Waals surface area contributed by atoms with Gasteiger partial charge in [-0.15, -0.1) is 0 Å². The van der Waals surface area contributed by atoms with E-state index in [2.05, 4.69) is 46.4 Å². The summed E-state index contributed by atoms with van der Waals surface area (Å²) in [6.07, 6.45) is 5.54. The molecular weight excluding hydrogens is 476 g/mol. The van der Waals surface area contributed by atoms with Crippen LogP contribution in [-0.2, 0) is 9.47 Å². The Morgan fingerprint density at radius 1 is 1.16 bits per heavy atom. The molecule has 7 rings (SSSR count). The number of ether oxygens (including phenoxy) is 3. The van der Waals surface area contributed by atoms with E-state index in [0.29, 0.717) is 43.5 Å². The van der Waals surface area contributed by atoms with Crippen LogP contribution in [0, 0.1) is 11.8 Å². The number of nitrogens with zero attached hydrogens (tertiary/aromatic N) is 6. The first-order valence-electron chi connectivity index (χ1n) is 13.2. The molecule has 0 radical (unpaired) electrons. The second-order valence-electron chi connectivity index (χ2n) is 10.3. The van der Waals surface area contributed by atoms with Crippen molar-refractivity contribution in [2.75, 3.05) is 44.4 Å². The van der Waals surface area contributed by atoms with Crippen molar-refractivity contribution in [1.82, 2.24) is 35.5 Å². The van der Waals surface area contributed by atoms with E-state index in [1.54, 1.807) is 6.20 Å². The topological polar surface area (TPSA) is 140 Å². The minimum absolute atomic E-state index is 0.0252. The highest BCUT2D eigenvalue weighted by Gasteiger charge is 2.55. The number of carbonyl (C=O) groups excluding carboxylic acids is 1. The van der Waals surface area contributed by atoms with Gasteiger partial charge in [-0.1, -0.05) is 0 Å². The molecule has 12 nitrogen and oxygen atoms in total. The molecule has 3 aliphatic heterocycles. The van der Waals surface area contributed by atoms with E-state index < -0.39 is 0 Å². The lowest BCUT2D eigenvalue weighted by Crippen LogP contribution is -2.36. The Bertz CT molecular complexity index is 1280. The SMILES string of the molecule is O=C(N[C@H]1[C@@H]2COC[C@@H]21)c1nc(OC[C@H]2CCCO2)nc(N2CCC(c3n[nH]c4ncccc34)CC2)n1. The van der Waals surface area contributed by atoms with E-state index in [0.717, 1.165) is 62.1 Å². The number of hydrogen-bond donors (Lipinski definition) is 2. The van der Waals surface area contributed by atoms with E-state index in [1.807, 2.05) is 6.07 Å². The number of aromatic amines is 1. The summed E-state index contributed by atoms with van der Waals surface area (Å²) in [5, 5.41) is 11.7. The third-order valence-electron chi connectivity index (χ3n) is 8.01. The van der Waals surface area contributed by atoms with Gasteiger partial charge in [0, 0.05) is 55.1 Å². The number of piperidine rings is 1. The van der Waals surface area contributed by atoms with Gasteiger partial charge in [-0.25, -0.2) is 4.98 Å². The molecule has 0 bridgehead atoms. The average Bonchev–Trinajstić information content (AvgIpc) is 3.47. The fourth-order valence-corrected chi connectivity index (χ4v) is 5.80. The van der Waals surface area contributed by atoms with E-state index in [9.17, 15) is 4.79 Å². The molecule has 1 amide bonds. The smallest absolute Gasteiger partial charge is 0.322 e. The van der Waals surface area contributed by atoms with Crippen LogP contribution in [0.15, 0.2) is 18.3 Å². The van der Waals surface area contributed by atoms with Crippen LogP contribution in [0.4, 0.5) is 5.95 Å². The zero-order valence-electron chi connectivity index (χ0n) is 20.5. The van der Waals surface area contributed by atoms with E-state index in [-0.39, 0.29) is 29.9 Å². The second kappa shape index (κ2) is 9.49. The van der Waals surface area contributed by atoms with Gasteiger partial charge in [0.15, 0.2) is 5.65 Å². The number of H-pyrrole nitrogens is 1. The molecule has 3 aromatic rings. The molecule has 2 N–H and O–H groups in total. The summed E-state index contributed by atoms with van der Waals surface area (Å²) in [4.78, 5) is 33.1. The molecule has 3 aromatic heterocycles. The Labute approximate surface area is 213 Å². The lowest BCUT2D eigenvalue weighted by atomic mass is 9.92. The molecule has 4 aliphatic rings. The minimum atomic E-state index is -0.296. The Morgan fingerprint density at radius 2 is 2.03 bits per heavy atom. The predicted octanol–water partition coefficient (Wildman–Crippen LogP) is 1.46. The van der Waals surface area contributed by atoms with Crippen LogP contribution in [0.25, 0.3) is 11.0 Å². The van der Waals surface area contributed by atoms with Gasteiger partial charge in [-0.3, -0.25) is 9.89 Å². The summed E-state index contributed by atoms with van der Waals surface area (Å²) >= 11 is 0. The lowest BCUT2D eigenvalue weighted by Gasteiger charge is -2.31. The number of carbonyl (C=O) groups is 1. The summed E-state index contributed by atoms with van der Waals surface area (Å²) in [6.45, 7) is 3.97. The van der Waals surface area contributed by atoms with Crippen molar-refractivity contribution in [3.05, 3.63) is 29.8 Å². The van der Waals surface area contributed by atoms with Crippen LogP contribution in [0.5, 0.6) is 6.01 Å². The van der Waals surface area contributed by atoms with Crippen LogP contribution in [0.2, 0.25) is 0 Å². The van der Waals surface area contributed by atoms with Crippen molar-refractivity contribution >= 4 is 22.9 Å². The van der Waals surface area contributed by atoms with Crippen molar-refractivity contribution in [3.8, 4) is 6.01 Å². The maximum absolute atomic E-state index is 13.1. The lowest BCUT2D eigenvalue weighted by molar-refractivity contribution is 0.0642. The summed E-state index contributed by atoms with van der Waals surface area (Å²) in [5.41, 5.74) is 1.87. The Morgan fingerprint density at radius 3 is 2.84 bits per heavy atom. The molecule has 3 saturated heterocycles. The standard InChI is InChI=1S/C25H30N8O4/c34-23(27-20-17-12-35-13-18(17)20)22-28-24(30-25(29-22)37-11-15-3-2-10-36-15)33-8-5-14(6-9-33)19-16-4-1-7-26-21(16)32-31-19/h1,4,7,14-15,17-18,20H,2-3,5-6,8-13H2,(H,27,34)(H,26,31,32)/t15-,17-,18+,20+/m1/s1. The molecule has 37 heavy (non-hydrogen) atoms. The van der Waals surface area contributed by atoms with Gasteiger partial charge in [0.1, 0.15) is 6.61 Å². The molecule has 194 valence electrons.